The highest BCUT2D eigenvalue weighted by Crippen LogP contribution is 2.46. The van der Waals surface area contributed by atoms with Crippen LogP contribution < -0.4 is 4.31 Å². The maximum Gasteiger partial charge on any atom is 0.281 e. The summed E-state index contributed by atoms with van der Waals surface area (Å²) in [6, 6.07) is 5.35. The van der Waals surface area contributed by atoms with Crippen molar-refractivity contribution in [3.05, 3.63) is 40.8 Å². The lowest BCUT2D eigenvalue weighted by Crippen LogP contribution is -2.34. The molecule has 2 heterocycles. The molecule has 7 heteroatoms. The van der Waals surface area contributed by atoms with Gasteiger partial charge in [-0.25, -0.2) is 4.98 Å². The standard InChI is InChI=1S/C14H16ClN3O2S/c1-9-16-7-12(17-9)21(19,20)18-8-14(2,3)13-10(15)5-4-6-11(13)18/h4-7H,8H2,1-3H3,(H,16,17). The first-order chi connectivity index (χ1) is 9.73. The van der Waals surface area contributed by atoms with E-state index in [-0.39, 0.29) is 10.4 Å². The third-order valence-corrected chi connectivity index (χ3v) is 5.71. The molecule has 0 bridgehead atoms. The van der Waals surface area contributed by atoms with Gasteiger partial charge in [-0.2, -0.15) is 8.42 Å². The van der Waals surface area contributed by atoms with Crippen molar-refractivity contribution in [3.8, 4) is 0 Å². The van der Waals surface area contributed by atoms with E-state index < -0.39 is 10.0 Å². The zero-order chi connectivity index (χ0) is 15.4. The Labute approximate surface area is 129 Å². The Morgan fingerprint density at radius 2 is 2.10 bits per heavy atom. The molecule has 21 heavy (non-hydrogen) atoms. The number of hydrogen-bond donors (Lipinski definition) is 1. The lowest BCUT2D eigenvalue weighted by Gasteiger charge is -2.21. The Balaban J connectivity index is 2.17. The first-order valence-corrected chi connectivity index (χ1v) is 8.38. The quantitative estimate of drug-likeness (QED) is 0.923. The fraction of sp³-hybridized carbons (Fsp3) is 0.357. The van der Waals surface area contributed by atoms with Crippen molar-refractivity contribution in [1.82, 2.24) is 9.97 Å². The number of nitrogens with one attached hydrogen (secondary N) is 1. The average Bonchev–Trinajstić information content (AvgIpc) is 2.93. The molecule has 3 rings (SSSR count). The van der Waals surface area contributed by atoms with Crippen molar-refractivity contribution in [3.63, 3.8) is 0 Å². The molecule has 0 amide bonds. The number of benzene rings is 1. The van der Waals surface area contributed by atoms with Crippen molar-refractivity contribution in [2.24, 2.45) is 0 Å². The van der Waals surface area contributed by atoms with Crippen LogP contribution in [-0.2, 0) is 15.4 Å². The van der Waals surface area contributed by atoms with E-state index in [0.29, 0.717) is 23.1 Å². The maximum atomic E-state index is 12.8. The van der Waals surface area contributed by atoms with Gasteiger partial charge in [0.1, 0.15) is 5.82 Å². The number of aromatic amines is 1. The van der Waals surface area contributed by atoms with Crippen LogP contribution in [0.2, 0.25) is 5.02 Å². The fourth-order valence-electron chi connectivity index (χ4n) is 2.78. The molecule has 1 N–H and O–H groups in total. The number of halogens is 1. The topological polar surface area (TPSA) is 66.1 Å². The molecule has 2 aromatic rings. The number of fused-ring (bicyclic) bond motifs is 1. The molecule has 0 atom stereocenters. The van der Waals surface area contributed by atoms with Crippen LogP contribution in [0.4, 0.5) is 5.69 Å². The van der Waals surface area contributed by atoms with Gasteiger partial charge in [0.2, 0.25) is 0 Å². The Bertz CT molecular complexity index is 811. The molecule has 0 spiro atoms. The Kier molecular flexibility index (Phi) is 3.07. The van der Waals surface area contributed by atoms with E-state index in [1.54, 1.807) is 25.1 Å². The van der Waals surface area contributed by atoms with Crippen molar-refractivity contribution in [2.75, 3.05) is 10.8 Å². The second-order valence-electron chi connectivity index (χ2n) is 5.86. The molecule has 1 aromatic carbocycles. The third kappa shape index (κ3) is 2.13. The van der Waals surface area contributed by atoms with Gasteiger partial charge >= 0.3 is 0 Å². The van der Waals surface area contributed by atoms with Crippen molar-refractivity contribution in [1.29, 1.82) is 0 Å². The summed E-state index contributed by atoms with van der Waals surface area (Å²) in [4.78, 5) is 6.77. The molecule has 0 radical (unpaired) electrons. The summed E-state index contributed by atoms with van der Waals surface area (Å²) < 4.78 is 27.0. The predicted octanol–water partition coefficient (Wildman–Crippen LogP) is 2.86. The van der Waals surface area contributed by atoms with E-state index in [1.807, 2.05) is 13.8 Å². The highest BCUT2D eigenvalue weighted by Gasteiger charge is 2.42. The Morgan fingerprint density at radius 1 is 1.38 bits per heavy atom. The highest BCUT2D eigenvalue weighted by molar-refractivity contribution is 7.92. The normalized spacial score (nSPS) is 17.0. The summed E-state index contributed by atoms with van der Waals surface area (Å²) >= 11 is 6.28. The summed E-state index contributed by atoms with van der Waals surface area (Å²) in [5, 5.41) is 0.694. The van der Waals surface area contributed by atoms with Gasteiger partial charge in [0.05, 0.1) is 11.9 Å². The van der Waals surface area contributed by atoms with Crippen molar-refractivity contribution >= 4 is 27.3 Å². The molecule has 0 saturated carbocycles. The number of imidazole rings is 1. The van der Waals surface area contributed by atoms with E-state index in [1.165, 1.54) is 10.5 Å². The molecule has 5 nitrogen and oxygen atoms in total. The summed E-state index contributed by atoms with van der Waals surface area (Å²) in [5.41, 5.74) is 1.17. The Hall–Kier alpha value is -1.53. The first-order valence-electron chi connectivity index (χ1n) is 6.57. The largest absolute Gasteiger partial charge is 0.332 e. The molecule has 1 aromatic heterocycles. The number of rotatable bonds is 2. The number of hydrogen-bond acceptors (Lipinski definition) is 3. The molecule has 0 unspecified atom stereocenters. The molecule has 0 saturated heterocycles. The second-order valence-corrected chi connectivity index (χ2v) is 8.10. The molecule has 0 aliphatic carbocycles. The van der Waals surface area contributed by atoms with Gasteiger partial charge in [-0.15, -0.1) is 0 Å². The minimum atomic E-state index is -3.66. The van der Waals surface area contributed by atoms with E-state index in [4.69, 9.17) is 11.6 Å². The van der Waals surface area contributed by atoms with E-state index in [0.717, 1.165) is 5.56 Å². The van der Waals surface area contributed by atoms with Gasteiger partial charge in [-0.1, -0.05) is 31.5 Å². The fourth-order valence-corrected chi connectivity index (χ4v) is 4.81. The molecule has 1 aliphatic rings. The number of aromatic nitrogens is 2. The SMILES string of the molecule is Cc1ncc(S(=O)(=O)N2CC(C)(C)c3c(Cl)cccc32)[nH]1. The number of sulfonamides is 1. The summed E-state index contributed by atoms with van der Waals surface area (Å²) in [7, 11) is -3.66. The van der Waals surface area contributed by atoms with Gasteiger partial charge in [-0.05, 0) is 19.1 Å². The van der Waals surface area contributed by atoms with Gasteiger partial charge in [0, 0.05) is 22.5 Å². The zero-order valence-electron chi connectivity index (χ0n) is 12.0. The maximum absolute atomic E-state index is 12.8. The van der Waals surface area contributed by atoms with Crippen LogP contribution in [0.25, 0.3) is 0 Å². The molecule has 1 aliphatic heterocycles. The predicted molar refractivity (Wildman–Crippen MR) is 82.3 cm³/mol. The zero-order valence-corrected chi connectivity index (χ0v) is 13.6. The number of nitrogens with zero attached hydrogens (tertiary/aromatic N) is 2. The van der Waals surface area contributed by atoms with Gasteiger partial charge in [0.25, 0.3) is 10.0 Å². The van der Waals surface area contributed by atoms with Gasteiger partial charge in [0.15, 0.2) is 5.03 Å². The molecular formula is C14H16ClN3O2S. The van der Waals surface area contributed by atoms with E-state index in [2.05, 4.69) is 9.97 Å². The minimum Gasteiger partial charge on any atom is -0.332 e. The minimum absolute atomic E-state index is 0.101. The number of aryl methyl sites for hydroxylation is 1. The summed E-state index contributed by atoms with van der Waals surface area (Å²) in [5.74, 6) is 0.568. The lowest BCUT2D eigenvalue weighted by atomic mass is 9.87. The third-order valence-electron chi connectivity index (χ3n) is 3.72. The van der Waals surface area contributed by atoms with Crippen LogP contribution in [0.3, 0.4) is 0 Å². The highest BCUT2D eigenvalue weighted by atomic mass is 35.5. The smallest absolute Gasteiger partial charge is 0.281 e. The van der Waals surface area contributed by atoms with Crippen LogP contribution >= 0.6 is 11.6 Å². The second kappa shape index (κ2) is 4.48. The molecular weight excluding hydrogens is 310 g/mol. The number of anilines is 1. The van der Waals surface area contributed by atoms with Gasteiger partial charge in [-0.3, -0.25) is 4.31 Å². The number of H-pyrrole nitrogens is 1. The summed E-state index contributed by atoms with van der Waals surface area (Å²) in [6.07, 6.45) is 1.35. The van der Waals surface area contributed by atoms with Crippen LogP contribution in [0, 0.1) is 6.92 Å². The van der Waals surface area contributed by atoms with Crippen LogP contribution in [0.1, 0.15) is 25.2 Å². The molecule has 112 valence electrons. The monoisotopic (exact) mass is 325 g/mol. The average molecular weight is 326 g/mol. The van der Waals surface area contributed by atoms with Gasteiger partial charge < -0.3 is 4.98 Å². The van der Waals surface area contributed by atoms with Crippen LogP contribution in [-0.4, -0.2) is 24.9 Å². The van der Waals surface area contributed by atoms with E-state index in [9.17, 15) is 8.42 Å². The molecule has 0 fully saturated rings. The Morgan fingerprint density at radius 3 is 2.71 bits per heavy atom. The lowest BCUT2D eigenvalue weighted by molar-refractivity contribution is 0.553. The van der Waals surface area contributed by atoms with Crippen LogP contribution in [0.15, 0.2) is 29.4 Å². The first kappa shape index (κ1) is 14.4. The van der Waals surface area contributed by atoms with Crippen LogP contribution in [0.5, 0.6) is 0 Å². The summed E-state index contributed by atoms with van der Waals surface area (Å²) in [6.45, 7) is 6.06. The van der Waals surface area contributed by atoms with Crippen molar-refractivity contribution in [2.45, 2.75) is 31.2 Å². The van der Waals surface area contributed by atoms with Crippen molar-refractivity contribution < 1.29 is 8.42 Å². The van der Waals surface area contributed by atoms with E-state index >= 15 is 0 Å².